The molecule has 0 aromatic carbocycles. The number of hydrogen-bond acceptors (Lipinski definition) is 5. The Hall–Kier alpha value is -0.940. The van der Waals surface area contributed by atoms with Gasteiger partial charge in [0.1, 0.15) is 5.60 Å². The van der Waals surface area contributed by atoms with Crippen LogP contribution < -0.4 is 5.32 Å². The van der Waals surface area contributed by atoms with Crippen LogP contribution in [0.2, 0.25) is 0 Å². The summed E-state index contributed by atoms with van der Waals surface area (Å²) in [5.74, 6) is 1.27. The first-order chi connectivity index (χ1) is 8.30. The summed E-state index contributed by atoms with van der Waals surface area (Å²) in [5.41, 5.74) is -0.355. The minimum Gasteiger partial charge on any atom is -0.370 e. The van der Waals surface area contributed by atoms with Gasteiger partial charge in [-0.2, -0.15) is 4.98 Å². The summed E-state index contributed by atoms with van der Waals surface area (Å²) in [4.78, 5) is 4.40. The molecule has 0 amide bonds. The molecule has 0 fully saturated rings. The Bertz CT molecular complexity index is 365. The van der Waals surface area contributed by atoms with Crippen LogP contribution in [0.15, 0.2) is 4.52 Å². The summed E-state index contributed by atoms with van der Waals surface area (Å²) in [5, 5.41) is 7.39. The molecule has 1 N–H and O–H groups in total. The van der Waals surface area contributed by atoms with E-state index in [-0.39, 0.29) is 5.54 Å². The molecular weight excluding hydrogens is 230 g/mol. The van der Waals surface area contributed by atoms with E-state index >= 15 is 0 Å². The lowest BCUT2D eigenvalue weighted by Crippen LogP contribution is -2.37. The zero-order valence-electron chi connectivity index (χ0n) is 12.3. The Morgan fingerprint density at radius 1 is 1.28 bits per heavy atom. The van der Waals surface area contributed by atoms with Crippen LogP contribution in [-0.2, 0) is 16.8 Å². The van der Waals surface area contributed by atoms with E-state index in [2.05, 4.69) is 36.2 Å². The average molecular weight is 255 g/mol. The second kappa shape index (κ2) is 5.80. The maximum absolute atomic E-state index is 5.44. The predicted octanol–water partition coefficient (Wildman–Crippen LogP) is 2.27. The van der Waals surface area contributed by atoms with Crippen molar-refractivity contribution in [1.82, 2.24) is 15.5 Å². The van der Waals surface area contributed by atoms with Crippen LogP contribution in [0.4, 0.5) is 0 Å². The third kappa shape index (κ3) is 4.07. The highest BCUT2D eigenvalue weighted by atomic mass is 16.5. The van der Waals surface area contributed by atoms with Crippen LogP contribution in [0.3, 0.4) is 0 Å². The van der Waals surface area contributed by atoms with Crippen LogP contribution in [0.5, 0.6) is 0 Å². The lowest BCUT2D eigenvalue weighted by molar-refractivity contribution is -0.0106. The van der Waals surface area contributed by atoms with Gasteiger partial charge in [-0.1, -0.05) is 12.1 Å². The second-order valence-corrected chi connectivity index (χ2v) is 5.73. The predicted molar refractivity (Wildman–Crippen MR) is 70.4 cm³/mol. The van der Waals surface area contributed by atoms with E-state index in [1.54, 1.807) is 7.11 Å². The molecule has 104 valence electrons. The summed E-state index contributed by atoms with van der Waals surface area (Å²) < 4.78 is 10.7. The van der Waals surface area contributed by atoms with E-state index in [0.717, 1.165) is 19.4 Å². The summed E-state index contributed by atoms with van der Waals surface area (Å²) >= 11 is 0. The van der Waals surface area contributed by atoms with E-state index in [9.17, 15) is 0 Å². The topological polar surface area (TPSA) is 60.2 Å². The quantitative estimate of drug-likeness (QED) is 0.845. The van der Waals surface area contributed by atoms with Gasteiger partial charge in [-0.25, -0.2) is 0 Å². The van der Waals surface area contributed by atoms with Gasteiger partial charge in [0.05, 0.1) is 0 Å². The lowest BCUT2D eigenvalue weighted by Gasteiger charge is -2.21. The highest BCUT2D eigenvalue weighted by Gasteiger charge is 2.29. The zero-order valence-corrected chi connectivity index (χ0v) is 12.3. The maximum Gasteiger partial charge on any atom is 0.228 e. The van der Waals surface area contributed by atoms with Crippen LogP contribution in [0.25, 0.3) is 0 Å². The van der Waals surface area contributed by atoms with Crippen molar-refractivity contribution in [3.05, 3.63) is 11.7 Å². The van der Waals surface area contributed by atoms with Gasteiger partial charge in [0.2, 0.25) is 11.7 Å². The van der Waals surface area contributed by atoms with Crippen molar-refractivity contribution in [2.75, 3.05) is 13.7 Å². The third-order valence-electron chi connectivity index (χ3n) is 3.06. The molecule has 0 radical (unpaired) electrons. The van der Waals surface area contributed by atoms with Crippen LogP contribution >= 0.6 is 0 Å². The molecule has 18 heavy (non-hydrogen) atoms. The fourth-order valence-electron chi connectivity index (χ4n) is 1.51. The highest BCUT2D eigenvalue weighted by Crippen LogP contribution is 2.25. The summed E-state index contributed by atoms with van der Waals surface area (Å²) in [6.45, 7) is 11.2. The van der Waals surface area contributed by atoms with Gasteiger partial charge < -0.3 is 14.6 Å². The molecule has 1 heterocycles. The molecule has 5 nitrogen and oxygen atoms in total. The van der Waals surface area contributed by atoms with Crippen molar-refractivity contribution in [2.45, 2.75) is 58.6 Å². The number of methoxy groups -OCH3 is 1. The van der Waals surface area contributed by atoms with E-state index in [1.807, 2.05) is 13.8 Å². The number of nitrogens with one attached hydrogen (secondary N) is 1. The number of hydrogen-bond donors (Lipinski definition) is 1. The Labute approximate surface area is 109 Å². The van der Waals surface area contributed by atoms with Gasteiger partial charge in [0.15, 0.2) is 0 Å². The number of ether oxygens (including phenoxy) is 1. The first-order valence-electron chi connectivity index (χ1n) is 6.44. The zero-order chi connectivity index (χ0) is 13.8. The maximum atomic E-state index is 5.44. The van der Waals surface area contributed by atoms with Crippen LogP contribution in [0, 0.1) is 0 Å². The number of aromatic nitrogens is 2. The molecule has 1 aromatic rings. The Morgan fingerprint density at radius 3 is 2.44 bits per heavy atom. The number of rotatable bonds is 6. The van der Waals surface area contributed by atoms with Crippen molar-refractivity contribution in [2.24, 2.45) is 0 Å². The summed E-state index contributed by atoms with van der Waals surface area (Å²) in [7, 11) is 1.67. The highest BCUT2D eigenvalue weighted by molar-refractivity contribution is 4.99. The smallest absolute Gasteiger partial charge is 0.228 e. The molecule has 0 spiro atoms. The standard InChI is InChI=1S/C13H25N3O2/c1-7-13(5,17-6)11-15-10(18-16-11)8-9-14-12(2,3)4/h14H,7-9H2,1-6H3. The van der Waals surface area contributed by atoms with Gasteiger partial charge in [-0.15, -0.1) is 0 Å². The molecule has 0 aliphatic rings. The van der Waals surface area contributed by atoms with Gasteiger partial charge in [0, 0.05) is 25.6 Å². The van der Waals surface area contributed by atoms with E-state index < -0.39 is 5.60 Å². The molecule has 0 saturated heterocycles. The van der Waals surface area contributed by atoms with Crippen molar-refractivity contribution in [3.63, 3.8) is 0 Å². The lowest BCUT2D eigenvalue weighted by atomic mass is 10.0. The Morgan fingerprint density at radius 2 is 1.94 bits per heavy atom. The van der Waals surface area contributed by atoms with Gasteiger partial charge in [0.25, 0.3) is 0 Å². The molecule has 0 bridgehead atoms. The fourth-order valence-corrected chi connectivity index (χ4v) is 1.51. The molecule has 1 unspecified atom stereocenters. The third-order valence-corrected chi connectivity index (χ3v) is 3.06. The second-order valence-electron chi connectivity index (χ2n) is 5.73. The van der Waals surface area contributed by atoms with Gasteiger partial charge in [-0.3, -0.25) is 0 Å². The van der Waals surface area contributed by atoms with E-state index in [1.165, 1.54) is 0 Å². The van der Waals surface area contributed by atoms with Crippen LogP contribution in [-0.4, -0.2) is 29.3 Å². The molecule has 0 saturated carbocycles. The average Bonchev–Trinajstić information content (AvgIpc) is 2.75. The molecule has 0 aliphatic carbocycles. The van der Waals surface area contributed by atoms with Crippen molar-refractivity contribution in [3.8, 4) is 0 Å². The van der Waals surface area contributed by atoms with Crippen molar-refractivity contribution >= 4 is 0 Å². The summed E-state index contributed by atoms with van der Waals surface area (Å²) in [6.07, 6.45) is 1.54. The summed E-state index contributed by atoms with van der Waals surface area (Å²) in [6, 6.07) is 0. The minimum absolute atomic E-state index is 0.104. The number of nitrogens with zero attached hydrogens (tertiary/aromatic N) is 2. The van der Waals surface area contributed by atoms with Gasteiger partial charge >= 0.3 is 0 Å². The SMILES string of the molecule is CCC(C)(OC)c1noc(CCNC(C)(C)C)n1. The Kier molecular flexibility index (Phi) is 4.87. The van der Waals surface area contributed by atoms with E-state index in [0.29, 0.717) is 11.7 Å². The molecular formula is C13H25N3O2. The first kappa shape index (κ1) is 15.1. The molecule has 1 atom stereocenters. The minimum atomic E-state index is -0.459. The first-order valence-corrected chi connectivity index (χ1v) is 6.44. The molecule has 1 rings (SSSR count). The largest absolute Gasteiger partial charge is 0.370 e. The van der Waals surface area contributed by atoms with Crippen molar-refractivity contribution < 1.29 is 9.26 Å². The molecule has 5 heteroatoms. The van der Waals surface area contributed by atoms with Gasteiger partial charge in [-0.05, 0) is 34.1 Å². The van der Waals surface area contributed by atoms with Crippen LogP contribution in [0.1, 0.15) is 52.8 Å². The Balaban J connectivity index is 2.59. The van der Waals surface area contributed by atoms with E-state index in [4.69, 9.17) is 9.26 Å². The molecule has 0 aliphatic heterocycles. The molecule has 1 aromatic heterocycles. The normalized spacial score (nSPS) is 15.7. The monoisotopic (exact) mass is 255 g/mol. The van der Waals surface area contributed by atoms with Crippen molar-refractivity contribution in [1.29, 1.82) is 0 Å². The fraction of sp³-hybridized carbons (Fsp3) is 0.846.